The van der Waals surface area contributed by atoms with Crippen LogP contribution in [0.4, 0.5) is 5.13 Å². The van der Waals surface area contributed by atoms with Gasteiger partial charge in [0.2, 0.25) is 5.13 Å². The van der Waals surface area contributed by atoms with E-state index < -0.39 is 0 Å². The van der Waals surface area contributed by atoms with Gasteiger partial charge in [0.15, 0.2) is 0 Å². The highest BCUT2D eigenvalue weighted by atomic mass is 32.1. The molecule has 5 heteroatoms. The number of benzene rings is 2. The highest BCUT2D eigenvalue weighted by molar-refractivity contribution is 7.13. The third-order valence-corrected chi connectivity index (χ3v) is 3.79. The van der Waals surface area contributed by atoms with Crippen LogP contribution in [0, 0.1) is 6.92 Å². The van der Waals surface area contributed by atoms with Gasteiger partial charge in [0, 0.05) is 10.9 Å². The summed E-state index contributed by atoms with van der Waals surface area (Å²) < 4.78 is 0. The Kier molecular flexibility index (Phi) is 3.35. The largest absolute Gasteiger partial charge is 0.507 e. The quantitative estimate of drug-likeness (QED) is 0.568. The molecule has 0 saturated carbocycles. The van der Waals surface area contributed by atoms with Crippen molar-refractivity contribution >= 4 is 33.5 Å². The number of rotatable bonds is 3. The number of hydrogen-bond acceptors (Lipinski definition) is 5. The molecule has 0 fully saturated rings. The minimum absolute atomic E-state index is 0.213. The van der Waals surface area contributed by atoms with Gasteiger partial charge in [-0.1, -0.05) is 30.3 Å². The lowest BCUT2D eigenvalue weighted by atomic mass is 10.0. The van der Waals surface area contributed by atoms with E-state index >= 15 is 0 Å². The van der Waals surface area contributed by atoms with Crippen molar-refractivity contribution in [2.75, 3.05) is 5.43 Å². The van der Waals surface area contributed by atoms with Crippen molar-refractivity contribution in [3.05, 3.63) is 53.0 Å². The van der Waals surface area contributed by atoms with Crippen LogP contribution in [0.1, 0.15) is 11.3 Å². The summed E-state index contributed by atoms with van der Waals surface area (Å²) in [7, 11) is 0. The van der Waals surface area contributed by atoms with Crippen LogP contribution in [-0.4, -0.2) is 16.3 Å². The molecule has 0 spiro atoms. The zero-order chi connectivity index (χ0) is 13.9. The Hall–Kier alpha value is -2.40. The van der Waals surface area contributed by atoms with Gasteiger partial charge in [0.05, 0.1) is 11.9 Å². The fraction of sp³-hybridized carbons (Fsp3) is 0.0667. The van der Waals surface area contributed by atoms with Gasteiger partial charge in [-0.05, 0) is 23.8 Å². The normalized spacial score (nSPS) is 11.2. The maximum absolute atomic E-state index is 9.98. The minimum atomic E-state index is 0.213. The van der Waals surface area contributed by atoms with Crippen LogP contribution in [0.2, 0.25) is 0 Å². The molecule has 0 aliphatic rings. The summed E-state index contributed by atoms with van der Waals surface area (Å²) >= 11 is 1.49. The van der Waals surface area contributed by atoms with Crippen molar-refractivity contribution < 1.29 is 5.11 Å². The topological polar surface area (TPSA) is 57.5 Å². The van der Waals surface area contributed by atoms with E-state index in [1.807, 2.05) is 42.6 Å². The van der Waals surface area contributed by atoms with Crippen LogP contribution in [0.25, 0.3) is 10.8 Å². The third-order valence-electron chi connectivity index (χ3n) is 2.92. The number of hydrogen-bond donors (Lipinski definition) is 2. The molecule has 0 unspecified atom stereocenters. The molecule has 0 aliphatic heterocycles. The molecule has 2 aromatic carbocycles. The van der Waals surface area contributed by atoms with Crippen molar-refractivity contribution in [1.82, 2.24) is 4.98 Å². The van der Waals surface area contributed by atoms with Gasteiger partial charge in [-0.2, -0.15) is 5.10 Å². The van der Waals surface area contributed by atoms with Crippen molar-refractivity contribution in [1.29, 1.82) is 0 Å². The number of nitrogens with one attached hydrogen (secondary N) is 1. The average Bonchev–Trinajstić information content (AvgIpc) is 2.87. The zero-order valence-corrected chi connectivity index (χ0v) is 11.7. The number of aryl methyl sites for hydroxylation is 1. The molecule has 0 amide bonds. The first-order valence-corrected chi connectivity index (χ1v) is 7.04. The van der Waals surface area contributed by atoms with Crippen LogP contribution < -0.4 is 5.43 Å². The van der Waals surface area contributed by atoms with E-state index in [0.29, 0.717) is 5.56 Å². The van der Waals surface area contributed by atoms with Crippen molar-refractivity contribution in [3.63, 3.8) is 0 Å². The fourth-order valence-electron chi connectivity index (χ4n) is 1.98. The number of nitrogens with zero attached hydrogens (tertiary/aromatic N) is 2. The lowest BCUT2D eigenvalue weighted by Crippen LogP contribution is -1.92. The van der Waals surface area contributed by atoms with E-state index in [9.17, 15) is 5.11 Å². The zero-order valence-electron chi connectivity index (χ0n) is 10.9. The Bertz CT molecular complexity index is 780. The van der Waals surface area contributed by atoms with Crippen LogP contribution >= 0.6 is 11.3 Å². The first-order valence-electron chi connectivity index (χ1n) is 6.16. The van der Waals surface area contributed by atoms with Gasteiger partial charge in [-0.25, -0.2) is 4.98 Å². The number of thiazole rings is 1. The predicted molar refractivity (Wildman–Crippen MR) is 83.7 cm³/mol. The second-order valence-corrected chi connectivity index (χ2v) is 5.24. The summed E-state index contributed by atoms with van der Waals surface area (Å²) in [5.74, 6) is 0.213. The van der Waals surface area contributed by atoms with Gasteiger partial charge < -0.3 is 5.11 Å². The maximum Gasteiger partial charge on any atom is 0.203 e. The first kappa shape index (κ1) is 12.6. The van der Waals surface area contributed by atoms with E-state index in [2.05, 4.69) is 15.5 Å². The lowest BCUT2D eigenvalue weighted by molar-refractivity contribution is 0.475. The summed E-state index contributed by atoms with van der Waals surface area (Å²) in [5, 5.41) is 18.8. The van der Waals surface area contributed by atoms with E-state index in [0.717, 1.165) is 21.6 Å². The monoisotopic (exact) mass is 283 g/mol. The number of aromatic nitrogens is 1. The molecule has 0 aliphatic carbocycles. The second-order valence-electron chi connectivity index (χ2n) is 4.38. The lowest BCUT2D eigenvalue weighted by Gasteiger charge is -2.04. The molecule has 1 aromatic heterocycles. The number of phenolic OH excluding ortho intramolecular Hbond substituents is 1. The van der Waals surface area contributed by atoms with E-state index in [-0.39, 0.29) is 5.75 Å². The Labute approximate surface area is 120 Å². The Balaban J connectivity index is 1.92. The molecule has 3 rings (SSSR count). The standard InChI is InChI=1S/C15H13N3OS/c1-10-9-20-15(17-10)18-16-8-13-12-5-3-2-4-11(12)6-7-14(13)19/h2-9,19H,1H3,(H,17,18)/b16-8+. The summed E-state index contributed by atoms with van der Waals surface area (Å²) in [6.07, 6.45) is 1.62. The Morgan fingerprint density at radius 1 is 1.25 bits per heavy atom. The van der Waals surface area contributed by atoms with Crippen LogP contribution in [0.15, 0.2) is 46.9 Å². The molecular formula is C15H13N3OS. The smallest absolute Gasteiger partial charge is 0.203 e. The van der Waals surface area contributed by atoms with E-state index in [1.165, 1.54) is 11.3 Å². The molecule has 4 nitrogen and oxygen atoms in total. The molecule has 0 radical (unpaired) electrons. The van der Waals surface area contributed by atoms with Gasteiger partial charge in [0.1, 0.15) is 5.75 Å². The number of phenols is 1. The third kappa shape index (κ3) is 2.48. The molecule has 0 saturated heterocycles. The van der Waals surface area contributed by atoms with E-state index in [4.69, 9.17) is 0 Å². The fourth-order valence-corrected chi connectivity index (χ4v) is 2.61. The molecule has 20 heavy (non-hydrogen) atoms. The minimum Gasteiger partial charge on any atom is -0.507 e. The number of fused-ring (bicyclic) bond motifs is 1. The van der Waals surface area contributed by atoms with Crippen molar-refractivity contribution in [3.8, 4) is 5.75 Å². The van der Waals surface area contributed by atoms with Crippen molar-refractivity contribution in [2.24, 2.45) is 5.10 Å². The van der Waals surface area contributed by atoms with Crippen LogP contribution in [-0.2, 0) is 0 Å². The van der Waals surface area contributed by atoms with Gasteiger partial charge >= 0.3 is 0 Å². The SMILES string of the molecule is Cc1csc(N/N=C/c2c(O)ccc3ccccc23)n1. The highest BCUT2D eigenvalue weighted by Crippen LogP contribution is 2.25. The summed E-state index contributed by atoms with van der Waals surface area (Å²) in [4.78, 5) is 4.26. The number of anilines is 1. The molecule has 2 N–H and O–H groups in total. The summed E-state index contributed by atoms with van der Waals surface area (Å²) in [5.41, 5.74) is 4.53. The van der Waals surface area contributed by atoms with Crippen LogP contribution in [0.3, 0.4) is 0 Å². The Morgan fingerprint density at radius 3 is 2.90 bits per heavy atom. The second kappa shape index (κ2) is 5.30. The van der Waals surface area contributed by atoms with Gasteiger partial charge in [-0.3, -0.25) is 5.43 Å². The molecule has 1 heterocycles. The molecule has 0 bridgehead atoms. The highest BCUT2D eigenvalue weighted by Gasteiger charge is 2.04. The van der Waals surface area contributed by atoms with Gasteiger partial charge in [0.25, 0.3) is 0 Å². The summed E-state index contributed by atoms with van der Waals surface area (Å²) in [6.45, 7) is 1.93. The maximum atomic E-state index is 9.98. The molecule has 0 atom stereocenters. The summed E-state index contributed by atoms with van der Waals surface area (Å²) in [6, 6.07) is 11.4. The Morgan fingerprint density at radius 2 is 2.10 bits per heavy atom. The molecule has 100 valence electrons. The molecule has 3 aromatic rings. The van der Waals surface area contributed by atoms with Crippen molar-refractivity contribution in [2.45, 2.75) is 6.92 Å². The number of hydrazone groups is 1. The predicted octanol–water partition coefficient (Wildman–Crippen LogP) is 3.76. The van der Waals surface area contributed by atoms with E-state index in [1.54, 1.807) is 12.3 Å². The first-order chi connectivity index (χ1) is 9.74. The van der Waals surface area contributed by atoms with Crippen LogP contribution in [0.5, 0.6) is 5.75 Å². The number of aromatic hydroxyl groups is 1. The molecular weight excluding hydrogens is 270 g/mol. The average molecular weight is 283 g/mol. The van der Waals surface area contributed by atoms with Gasteiger partial charge in [-0.15, -0.1) is 11.3 Å².